The van der Waals surface area contributed by atoms with Gasteiger partial charge in [-0.2, -0.15) is 0 Å². The topological polar surface area (TPSA) is 59.3 Å². The average molecular weight is 404 g/mol. The van der Waals surface area contributed by atoms with Crippen LogP contribution in [0.25, 0.3) is 21.7 Å². The predicted molar refractivity (Wildman–Crippen MR) is 121 cm³/mol. The van der Waals surface area contributed by atoms with Crippen LogP contribution in [0.5, 0.6) is 0 Å². The summed E-state index contributed by atoms with van der Waals surface area (Å²) in [4.78, 5) is 24.4. The highest BCUT2D eigenvalue weighted by Crippen LogP contribution is 2.26. The summed E-state index contributed by atoms with van der Waals surface area (Å²) >= 11 is 1.48. The lowest BCUT2D eigenvalue weighted by atomic mass is 10.0. The second-order valence-electron chi connectivity index (χ2n) is 7.09. The van der Waals surface area contributed by atoms with Crippen LogP contribution < -0.4 is 10.9 Å². The Bertz CT molecular complexity index is 1270. The van der Waals surface area contributed by atoms with Crippen LogP contribution in [0.4, 0.5) is 5.69 Å². The van der Waals surface area contributed by atoms with Gasteiger partial charge in [0.2, 0.25) is 5.91 Å². The van der Waals surface area contributed by atoms with Gasteiger partial charge in [-0.25, -0.2) is 4.79 Å². The van der Waals surface area contributed by atoms with Crippen molar-refractivity contribution in [1.29, 1.82) is 0 Å². The molecule has 0 spiro atoms. The standard InChI is InChI=1S/C24H21NO3S/c1-15-10-20-18(12-24(27)28-22(20)11-16(15)2)13-29-14-23(26)25-21-9-5-7-17-6-3-4-8-19(17)21/h3-12H,13-14H2,1-2H3,(H,25,26). The van der Waals surface area contributed by atoms with Crippen molar-refractivity contribution < 1.29 is 9.21 Å². The molecule has 0 saturated carbocycles. The first-order valence-corrected chi connectivity index (χ1v) is 10.6. The first kappa shape index (κ1) is 19.3. The van der Waals surface area contributed by atoms with Crippen LogP contribution in [0.15, 0.2) is 69.9 Å². The molecule has 1 amide bonds. The number of carbonyl (C=O) groups excluding carboxylic acids is 1. The number of aryl methyl sites for hydroxylation is 2. The molecule has 146 valence electrons. The van der Waals surface area contributed by atoms with E-state index in [-0.39, 0.29) is 11.5 Å². The van der Waals surface area contributed by atoms with Crippen molar-refractivity contribution in [3.63, 3.8) is 0 Å². The Balaban J connectivity index is 1.47. The van der Waals surface area contributed by atoms with Gasteiger partial charge >= 0.3 is 5.63 Å². The summed E-state index contributed by atoms with van der Waals surface area (Å²) < 4.78 is 5.34. The Labute approximate surface area is 172 Å². The van der Waals surface area contributed by atoms with E-state index in [1.807, 2.05) is 68.4 Å². The molecule has 0 unspecified atom stereocenters. The van der Waals surface area contributed by atoms with Gasteiger partial charge in [-0.15, -0.1) is 11.8 Å². The lowest BCUT2D eigenvalue weighted by Gasteiger charge is -2.10. The summed E-state index contributed by atoms with van der Waals surface area (Å²) in [6.07, 6.45) is 0. The molecule has 0 aliphatic heterocycles. The zero-order valence-electron chi connectivity index (χ0n) is 16.3. The molecule has 0 saturated heterocycles. The van der Waals surface area contributed by atoms with Gasteiger partial charge in [-0.3, -0.25) is 4.79 Å². The number of carbonyl (C=O) groups is 1. The smallest absolute Gasteiger partial charge is 0.336 e. The fourth-order valence-corrected chi connectivity index (χ4v) is 4.20. The molecule has 0 fully saturated rings. The third-order valence-corrected chi connectivity index (χ3v) is 5.98. The second-order valence-corrected chi connectivity index (χ2v) is 8.08. The average Bonchev–Trinajstić information content (AvgIpc) is 2.69. The number of hydrogen-bond donors (Lipinski definition) is 1. The monoisotopic (exact) mass is 403 g/mol. The summed E-state index contributed by atoms with van der Waals surface area (Å²) in [5, 5.41) is 6.03. The van der Waals surface area contributed by atoms with Crippen LogP contribution in [0, 0.1) is 13.8 Å². The summed E-state index contributed by atoms with van der Waals surface area (Å²) in [6.45, 7) is 4.03. The molecule has 0 bridgehead atoms. The van der Waals surface area contributed by atoms with Gasteiger partial charge in [0, 0.05) is 28.3 Å². The van der Waals surface area contributed by atoms with Gasteiger partial charge in [0.1, 0.15) is 5.58 Å². The third kappa shape index (κ3) is 4.20. The number of amides is 1. The number of anilines is 1. The largest absolute Gasteiger partial charge is 0.423 e. The molecule has 1 N–H and O–H groups in total. The highest BCUT2D eigenvalue weighted by molar-refractivity contribution is 7.99. The number of nitrogens with one attached hydrogen (secondary N) is 1. The minimum absolute atomic E-state index is 0.0642. The number of rotatable bonds is 5. The van der Waals surface area contributed by atoms with E-state index >= 15 is 0 Å². The number of fused-ring (bicyclic) bond motifs is 2. The highest BCUT2D eigenvalue weighted by atomic mass is 32.2. The molecule has 1 aromatic heterocycles. The normalized spacial score (nSPS) is 11.1. The molecule has 0 atom stereocenters. The molecule has 4 nitrogen and oxygen atoms in total. The van der Waals surface area contributed by atoms with E-state index < -0.39 is 0 Å². The molecule has 29 heavy (non-hydrogen) atoms. The zero-order chi connectivity index (χ0) is 20.4. The number of hydrogen-bond acceptors (Lipinski definition) is 4. The van der Waals surface area contributed by atoms with E-state index in [9.17, 15) is 9.59 Å². The molecule has 0 aliphatic rings. The Morgan fingerprint density at radius 3 is 2.59 bits per heavy atom. The van der Waals surface area contributed by atoms with E-state index in [2.05, 4.69) is 5.32 Å². The van der Waals surface area contributed by atoms with Crippen molar-refractivity contribution in [3.05, 3.63) is 87.8 Å². The van der Waals surface area contributed by atoms with E-state index in [0.717, 1.165) is 38.5 Å². The third-order valence-electron chi connectivity index (χ3n) is 5.00. The quantitative estimate of drug-likeness (QED) is 0.451. The van der Waals surface area contributed by atoms with Crippen LogP contribution in [-0.2, 0) is 10.5 Å². The number of benzene rings is 3. The highest BCUT2D eigenvalue weighted by Gasteiger charge is 2.10. The van der Waals surface area contributed by atoms with E-state index in [0.29, 0.717) is 17.1 Å². The lowest BCUT2D eigenvalue weighted by Crippen LogP contribution is -2.14. The molecule has 0 aliphatic carbocycles. The molecular weight excluding hydrogens is 382 g/mol. The SMILES string of the molecule is Cc1cc2oc(=O)cc(CSCC(=O)Nc3cccc4ccccc34)c2cc1C. The predicted octanol–water partition coefficient (Wildman–Crippen LogP) is 5.43. The molecule has 0 radical (unpaired) electrons. The van der Waals surface area contributed by atoms with Crippen LogP contribution in [0.2, 0.25) is 0 Å². The van der Waals surface area contributed by atoms with Crippen molar-refractivity contribution in [2.75, 3.05) is 11.1 Å². The molecular formula is C24H21NO3S. The molecule has 3 aromatic carbocycles. The maximum atomic E-state index is 12.5. The Morgan fingerprint density at radius 2 is 1.72 bits per heavy atom. The van der Waals surface area contributed by atoms with Gasteiger partial charge in [0.15, 0.2) is 0 Å². The van der Waals surface area contributed by atoms with E-state index in [1.54, 1.807) is 0 Å². The first-order valence-electron chi connectivity index (χ1n) is 9.40. The van der Waals surface area contributed by atoms with Crippen LogP contribution >= 0.6 is 11.8 Å². The summed E-state index contributed by atoms with van der Waals surface area (Å²) in [7, 11) is 0. The molecule has 5 heteroatoms. The van der Waals surface area contributed by atoms with E-state index in [4.69, 9.17) is 4.42 Å². The van der Waals surface area contributed by atoms with Crippen molar-refractivity contribution in [1.82, 2.24) is 0 Å². The maximum absolute atomic E-state index is 12.5. The Morgan fingerprint density at radius 1 is 0.966 bits per heavy atom. The van der Waals surface area contributed by atoms with Gasteiger partial charge in [0.25, 0.3) is 0 Å². The van der Waals surface area contributed by atoms with Crippen molar-refractivity contribution in [2.45, 2.75) is 19.6 Å². The van der Waals surface area contributed by atoms with E-state index in [1.165, 1.54) is 17.8 Å². The Hall–Kier alpha value is -3.05. The number of thioether (sulfide) groups is 1. The van der Waals surface area contributed by atoms with Crippen LogP contribution in [0.1, 0.15) is 16.7 Å². The van der Waals surface area contributed by atoms with Gasteiger partial charge < -0.3 is 9.73 Å². The van der Waals surface area contributed by atoms with Crippen molar-refractivity contribution in [3.8, 4) is 0 Å². The maximum Gasteiger partial charge on any atom is 0.336 e. The fourth-order valence-electron chi connectivity index (χ4n) is 3.38. The summed E-state index contributed by atoms with van der Waals surface area (Å²) in [6, 6.07) is 19.3. The molecule has 1 heterocycles. The summed E-state index contributed by atoms with van der Waals surface area (Å²) in [5.74, 6) is 0.800. The molecule has 4 aromatic rings. The first-order chi connectivity index (χ1) is 14.0. The minimum Gasteiger partial charge on any atom is -0.423 e. The van der Waals surface area contributed by atoms with Gasteiger partial charge in [0.05, 0.1) is 5.75 Å². The fraction of sp³-hybridized carbons (Fsp3) is 0.167. The van der Waals surface area contributed by atoms with Crippen LogP contribution in [-0.4, -0.2) is 11.7 Å². The second kappa shape index (κ2) is 8.13. The van der Waals surface area contributed by atoms with Crippen molar-refractivity contribution in [2.24, 2.45) is 0 Å². The van der Waals surface area contributed by atoms with Gasteiger partial charge in [-0.1, -0.05) is 36.4 Å². The Kier molecular flexibility index (Phi) is 5.41. The zero-order valence-corrected chi connectivity index (χ0v) is 17.1. The minimum atomic E-state index is -0.364. The van der Waals surface area contributed by atoms with Gasteiger partial charge in [-0.05, 0) is 54.1 Å². The van der Waals surface area contributed by atoms with Crippen LogP contribution in [0.3, 0.4) is 0 Å². The van der Waals surface area contributed by atoms with Crippen molar-refractivity contribution >= 4 is 45.1 Å². The lowest BCUT2D eigenvalue weighted by molar-refractivity contribution is -0.113. The summed E-state index contributed by atoms with van der Waals surface area (Å²) in [5.41, 5.74) is 4.16. The molecule has 4 rings (SSSR count).